The molecule has 0 saturated carbocycles. The normalized spacial score (nSPS) is 19.9. The topological polar surface area (TPSA) is 28.2 Å². The first kappa shape index (κ1) is 12.3. The summed E-state index contributed by atoms with van der Waals surface area (Å²) < 4.78 is 14.3. The Labute approximate surface area is 102 Å². The minimum atomic E-state index is -0.165. The molecule has 17 heavy (non-hydrogen) atoms. The minimum Gasteiger partial charge on any atom is -0.351 e. The van der Waals surface area contributed by atoms with Crippen molar-refractivity contribution in [2.24, 2.45) is 0 Å². The summed E-state index contributed by atoms with van der Waals surface area (Å²) in [4.78, 5) is 6.34. The van der Waals surface area contributed by atoms with Gasteiger partial charge in [0.2, 0.25) is 0 Å². The van der Waals surface area contributed by atoms with Gasteiger partial charge < -0.3 is 10.2 Å². The van der Waals surface area contributed by atoms with Crippen LogP contribution in [0.25, 0.3) is 0 Å². The molecule has 1 atom stereocenters. The molecule has 1 aromatic heterocycles. The van der Waals surface area contributed by atoms with Crippen LogP contribution in [0.4, 0.5) is 10.2 Å². The van der Waals surface area contributed by atoms with Gasteiger partial charge in [0.05, 0.1) is 0 Å². The summed E-state index contributed by atoms with van der Waals surface area (Å²) in [5.41, 5.74) is 0.694. The van der Waals surface area contributed by atoms with E-state index in [4.69, 9.17) is 0 Å². The first-order valence-electron chi connectivity index (χ1n) is 6.32. The predicted molar refractivity (Wildman–Crippen MR) is 67.6 cm³/mol. The van der Waals surface area contributed by atoms with E-state index in [1.165, 1.54) is 0 Å². The van der Waals surface area contributed by atoms with Crippen molar-refractivity contribution in [2.45, 2.75) is 38.8 Å². The number of pyridine rings is 1. The lowest BCUT2D eigenvalue weighted by Gasteiger charge is -2.25. The second-order valence-electron chi connectivity index (χ2n) is 4.54. The highest BCUT2D eigenvalue weighted by molar-refractivity contribution is 5.45. The Morgan fingerprint density at radius 3 is 3.12 bits per heavy atom. The largest absolute Gasteiger partial charge is 0.351 e. The standard InChI is InChI=1S/C13H20FN3/c1-3-11-5-4-8-17(11)13-12(14)10(9-15-2)6-7-16-13/h6-7,11,15H,3-5,8-9H2,1-2H3. The number of nitrogens with one attached hydrogen (secondary N) is 1. The zero-order valence-corrected chi connectivity index (χ0v) is 10.5. The van der Waals surface area contributed by atoms with Crippen LogP contribution in [0, 0.1) is 5.82 Å². The summed E-state index contributed by atoms with van der Waals surface area (Å²) in [6.45, 7) is 3.62. The van der Waals surface area contributed by atoms with Crippen LogP contribution in [0.2, 0.25) is 0 Å². The van der Waals surface area contributed by atoms with Crippen LogP contribution >= 0.6 is 0 Å². The van der Waals surface area contributed by atoms with Crippen molar-refractivity contribution in [1.82, 2.24) is 10.3 Å². The summed E-state index contributed by atoms with van der Waals surface area (Å²) in [7, 11) is 1.82. The van der Waals surface area contributed by atoms with Gasteiger partial charge >= 0.3 is 0 Å². The third-order valence-electron chi connectivity index (χ3n) is 3.44. The van der Waals surface area contributed by atoms with Crippen LogP contribution in [-0.4, -0.2) is 24.6 Å². The fraction of sp³-hybridized carbons (Fsp3) is 0.615. The quantitative estimate of drug-likeness (QED) is 0.871. The van der Waals surface area contributed by atoms with Gasteiger partial charge in [-0.1, -0.05) is 6.92 Å². The van der Waals surface area contributed by atoms with Crippen LogP contribution < -0.4 is 10.2 Å². The molecule has 94 valence electrons. The van der Waals surface area contributed by atoms with Crippen molar-refractivity contribution in [3.63, 3.8) is 0 Å². The monoisotopic (exact) mass is 237 g/mol. The zero-order chi connectivity index (χ0) is 12.3. The lowest BCUT2D eigenvalue weighted by Crippen LogP contribution is -2.30. The van der Waals surface area contributed by atoms with Gasteiger partial charge in [-0.25, -0.2) is 9.37 Å². The fourth-order valence-electron chi connectivity index (χ4n) is 2.54. The number of hydrogen-bond acceptors (Lipinski definition) is 3. The molecule has 4 heteroatoms. The van der Waals surface area contributed by atoms with E-state index < -0.39 is 0 Å². The SMILES string of the molecule is CCC1CCCN1c1nccc(CNC)c1F. The van der Waals surface area contributed by atoms with Gasteiger partial charge in [0.25, 0.3) is 0 Å². The van der Waals surface area contributed by atoms with E-state index >= 15 is 0 Å². The van der Waals surface area contributed by atoms with Crippen molar-refractivity contribution < 1.29 is 4.39 Å². The van der Waals surface area contributed by atoms with Crippen LogP contribution in [-0.2, 0) is 6.54 Å². The highest BCUT2D eigenvalue weighted by Crippen LogP contribution is 2.28. The molecule has 1 aromatic rings. The smallest absolute Gasteiger partial charge is 0.170 e. The third-order valence-corrected chi connectivity index (χ3v) is 3.44. The van der Waals surface area contributed by atoms with Crippen molar-refractivity contribution >= 4 is 5.82 Å². The van der Waals surface area contributed by atoms with E-state index in [2.05, 4.69) is 22.1 Å². The average molecular weight is 237 g/mol. The number of rotatable bonds is 4. The van der Waals surface area contributed by atoms with E-state index in [9.17, 15) is 4.39 Å². The van der Waals surface area contributed by atoms with Gasteiger partial charge in [0, 0.05) is 30.9 Å². The lowest BCUT2D eigenvalue weighted by molar-refractivity contribution is 0.571. The maximum Gasteiger partial charge on any atom is 0.170 e. The van der Waals surface area contributed by atoms with Crippen LogP contribution in [0.3, 0.4) is 0 Å². The van der Waals surface area contributed by atoms with Gasteiger partial charge in [-0.05, 0) is 32.4 Å². The summed E-state index contributed by atoms with van der Waals surface area (Å²) in [6, 6.07) is 2.19. The Balaban J connectivity index is 2.28. The van der Waals surface area contributed by atoms with Crippen molar-refractivity contribution in [3.05, 3.63) is 23.6 Å². The number of halogens is 1. The van der Waals surface area contributed by atoms with Gasteiger partial charge in [-0.3, -0.25) is 0 Å². The van der Waals surface area contributed by atoms with Gasteiger partial charge in [0.15, 0.2) is 11.6 Å². The van der Waals surface area contributed by atoms with E-state index in [0.717, 1.165) is 25.8 Å². The second-order valence-corrected chi connectivity index (χ2v) is 4.54. The number of anilines is 1. The van der Waals surface area contributed by atoms with Gasteiger partial charge in [0.1, 0.15) is 0 Å². The summed E-state index contributed by atoms with van der Waals surface area (Å²) in [5, 5.41) is 2.98. The van der Waals surface area contributed by atoms with Crippen molar-refractivity contribution in [2.75, 3.05) is 18.5 Å². The van der Waals surface area contributed by atoms with E-state index in [-0.39, 0.29) is 5.82 Å². The molecule has 1 saturated heterocycles. The summed E-state index contributed by atoms with van der Waals surface area (Å²) in [6.07, 6.45) is 5.04. The molecule has 1 fully saturated rings. The molecular weight excluding hydrogens is 217 g/mol. The Kier molecular flexibility index (Phi) is 3.94. The second kappa shape index (κ2) is 5.45. The molecule has 0 amide bonds. The molecule has 0 bridgehead atoms. The highest BCUT2D eigenvalue weighted by atomic mass is 19.1. The first-order chi connectivity index (χ1) is 8.27. The molecule has 1 unspecified atom stereocenters. The molecule has 1 aliphatic rings. The Morgan fingerprint density at radius 1 is 1.59 bits per heavy atom. The molecule has 0 radical (unpaired) electrons. The first-order valence-corrected chi connectivity index (χ1v) is 6.32. The number of hydrogen-bond donors (Lipinski definition) is 1. The van der Waals surface area contributed by atoms with E-state index in [1.54, 1.807) is 12.3 Å². The van der Waals surface area contributed by atoms with E-state index in [0.29, 0.717) is 24.0 Å². The van der Waals surface area contributed by atoms with Gasteiger partial charge in [-0.15, -0.1) is 0 Å². The number of nitrogens with zero attached hydrogens (tertiary/aromatic N) is 2. The molecule has 0 aromatic carbocycles. The molecule has 0 aliphatic carbocycles. The third kappa shape index (κ3) is 2.41. The van der Waals surface area contributed by atoms with Crippen LogP contribution in [0.15, 0.2) is 12.3 Å². The predicted octanol–water partition coefficient (Wildman–Crippen LogP) is 2.32. The fourth-order valence-corrected chi connectivity index (χ4v) is 2.54. The van der Waals surface area contributed by atoms with Crippen molar-refractivity contribution in [1.29, 1.82) is 0 Å². The molecule has 0 spiro atoms. The molecular formula is C13H20FN3. The maximum absolute atomic E-state index is 14.3. The minimum absolute atomic E-state index is 0.165. The average Bonchev–Trinajstić information content (AvgIpc) is 2.80. The Morgan fingerprint density at radius 2 is 2.41 bits per heavy atom. The van der Waals surface area contributed by atoms with Gasteiger partial charge in [-0.2, -0.15) is 0 Å². The lowest BCUT2D eigenvalue weighted by atomic mass is 10.1. The molecule has 1 aliphatic heterocycles. The molecule has 1 N–H and O–H groups in total. The van der Waals surface area contributed by atoms with E-state index in [1.807, 2.05) is 7.05 Å². The Bertz CT molecular complexity index is 381. The molecule has 2 rings (SSSR count). The Hall–Kier alpha value is -1.16. The molecule has 3 nitrogen and oxygen atoms in total. The highest BCUT2D eigenvalue weighted by Gasteiger charge is 2.26. The maximum atomic E-state index is 14.3. The number of aromatic nitrogens is 1. The van der Waals surface area contributed by atoms with Crippen LogP contribution in [0.1, 0.15) is 31.7 Å². The molecule has 2 heterocycles. The summed E-state index contributed by atoms with van der Waals surface area (Å²) in [5.74, 6) is 0.365. The van der Waals surface area contributed by atoms with Crippen molar-refractivity contribution in [3.8, 4) is 0 Å². The zero-order valence-electron chi connectivity index (χ0n) is 10.5. The van der Waals surface area contributed by atoms with Crippen LogP contribution in [0.5, 0.6) is 0 Å². The summed E-state index contributed by atoms with van der Waals surface area (Å²) >= 11 is 0.